The van der Waals surface area contributed by atoms with Crippen LogP contribution in [0.1, 0.15) is 45.2 Å². The molecule has 0 fully saturated rings. The Bertz CT molecular complexity index is 994. The number of hydrogen-bond acceptors (Lipinski definition) is 2. The lowest BCUT2D eigenvalue weighted by Crippen LogP contribution is -2.27. The third-order valence-electron chi connectivity index (χ3n) is 5.53. The van der Waals surface area contributed by atoms with Crippen LogP contribution < -0.4 is 0 Å². The average Bonchev–Trinajstić information content (AvgIpc) is 2.66. The molecule has 0 saturated heterocycles. The predicted molar refractivity (Wildman–Crippen MR) is 94.3 cm³/mol. The van der Waals surface area contributed by atoms with Crippen LogP contribution >= 0.6 is 0 Å². The molecule has 1 heterocycles. The Morgan fingerprint density at radius 2 is 0.875 bits per heavy atom. The SMILES string of the molecule is c1ccc2c(c1)C1c3ccccc3C2c2cc3nccnc3cc21. The van der Waals surface area contributed by atoms with Gasteiger partial charge in [0.05, 0.1) is 11.0 Å². The number of nitrogens with zero attached hydrogens (tertiary/aromatic N) is 2. The van der Waals surface area contributed by atoms with Crippen molar-refractivity contribution in [3.05, 3.63) is 106 Å². The normalized spacial score (nSPS) is 19.7. The first-order valence-corrected chi connectivity index (χ1v) is 8.34. The first-order valence-electron chi connectivity index (χ1n) is 8.34. The van der Waals surface area contributed by atoms with Crippen molar-refractivity contribution in [1.82, 2.24) is 9.97 Å². The van der Waals surface area contributed by atoms with E-state index in [-0.39, 0.29) is 0 Å². The van der Waals surface area contributed by atoms with E-state index in [1.807, 2.05) is 0 Å². The highest BCUT2D eigenvalue weighted by atomic mass is 14.8. The molecule has 2 bridgehead atoms. The van der Waals surface area contributed by atoms with Gasteiger partial charge in [-0.3, -0.25) is 9.97 Å². The highest BCUT2D eigenvalue weighted by Crippen LogP contribution is 2.55. The van der Waals surface area contributed by atoms with Crippen LogP contribution in [-0.4, -0.2) is 9.97 Å². The summed E-state index contributed by atoms with van der Waals surface area (Å²) in [7, 11) is 0. The lowest BCUT2D eigenvalue weighted by atomic mass is 9.61. The Balaban J connectivity index is 1.76. The summed E-state index contributed by atoms with van der Waals surface area (Å²) in [6.07, 6.45) is 3.55. The maximum Gasteiger partial charge on any atom is 0.0890 e. The fourth-order valence-corrected chi connectivity index (χ4v) is 4.62. The molecular formula is C22H14N2. The molecule has 3 aliphatic rings. The molecule has 0 atom stereocenters. The van der Waals surface area contributed by atoms with E-state index in [0.717, 1.165) is 11.0 Å². The number of rotatable bonds is 0. The zero-order valence-electron chi connectivity index (χ0n) is 13.0. The quantitative estimate of drug-likeness (QED) is 0.409. The average molecular weight is 306 g/mol. The maximum absolute atomic E-state index is 4.52. The molecule has 3 aliphatic carbocycles. The van der Waals surface area contributed by atoms with Crippen molar-refractivity contribution in [3.8, 4) is 0 Å². The fraction of sp³-hybridized carbons (Fsp3) is 0.0909. The van der Waals surface area contributed by atoms with Gasteiger partial charge in [0.1, 0.15) is 0 Å². The third-order valence-corrected chi connectivity index (χ3v) is 5.53. The smallest absolute Gasteiger partial charge is 0.0890 e. The van der Waals surface area contributed by atoms with E-state index in [2.05, 4.69) is 70.6 Å². The van der Waals surface area contributed by atoms with Gasteiger partial charge in [-0.2, -0.15) is 0 Å². The second kappa shape index (κ2) is 4.30. The summed E-state index contributed by atoms with van der Waals surface area (Å²) < 4.78 is 0. The number of hydrogen-bond donors (Lipinski definition) is 0. The standard InChI is InChI=1S/C22H14N2/c1-2-6-14-13(5-1)21-15-7-3-4-8-16(15)22(14)18-12-20-19(11-17(18)21)23-9-10-24-20/h1-12,21-22H. The summed E-state index contributed by atoms with van der Waals surface area (Å²) in [4.78, 5) is 9.04. The van der Waals surface area contributed by atoms with Gasteiger partial charge in [0.2, 0.25) is 0 Å². The number of aromatic nitrogens is 2. The summed E-state index contributed by atoms with van der Waals surface area (Å²) in [5, 5.41) is 0. The van der Waals surface area contributed by atoms with Crippen LogP contribution in [0.5, 0.6) is 0 Å². The van der Waals surface area contributed by atoms with E-state index < -0.39 is 0 Å². The lowest BCUT2D eigenvalue weighted by Gasteiger charge is -2.42. The molecule has 0 unspecified atom stereocenters. The molecule has 0 radical (unpaired) electrons. The van der Waals surface area contributed by atoms with Crippen molar-refractivity contribution in [3.63, 3.8) is 0 Å². The van der Waals surface area contributed by atoms with E-state index in [4.69, 9.17) is 0 Å². The Labute approximate surface area is 139 Å². The van der Waals surface area contributed by atoms with Gasteiger partial charge in [0.25, 0.3) is 0 Å². The van der Waals surface area contributed by atoms with Gasteiger partial charge in [0, 0.05) is 24.2 Å². The van der Waals surface area contributed by atoms with E-state index in [0.29, 0.717) is 11.8 Å². The van der Waals surface area contributed by atoms with Crippen molar-refractivity contribution < 1.29 is 0 Å². The zero-order valence-corrected chi connectivity index (χ0v) is 13.0. The highest BCUT2D eigenvalue weighted by Gasteiger charge is 2.41. The molecule has 2 heteroatoms. The molecule has 7 rings (SSSR count). The highest BCUT2D eigenvalue weighted by molar-refractivity contribution is 5.80. The van der Waals surface area contributed by atoms with Gasteiger partial charge in [0.15, 0.2) is 0 Å². The molecule has 24 heavy (non-hydrogen) atoms. The zero-order chi connectivity index (χ0) is 15.7. The van der Waals surface area contributed by atoms with E-state index in [1.165, 1.54) is 33.4 Å². The summed E-state index contributed by atoms with van der Waals surface area (Å²) in [5.41, 5.74) is 10.5. The van der Waals surface area contributed by atoms with Crippen LogP contribution in [-0.2, 0) is 0 Å². The lowest BCUT2D eigenvalue weighted by molar-refractivity contribution is 0.756. The molecule has 3 aromatic carbocycles. The van der Waals surface area contributed by atoms with Crippen LogP contribution in [0.3, 0.4) is 0 Å². The minimum Gasteiger partial charge on any atom is -0.253 e. The van der Waals surface area contributed by atoms with Gasteiger partial charge in [-0.1, -0.05) is 48.5 Å². The van der Waals surface area contributed by atoms with Crippen LogP contribution in [0, 0.1) is 0 Å². The van der Waals surface area contributed by atoms with E-state index >= 15 is 0 Å². The van der Waals surface area contributed by atoms with Crippen LogP contribution in [0.15, 0.2) is 73.1 Å². The molecule has 0 spiro atoms. The van der Waals surface area contributed by atoms with E-state index in [9.17, 15) is 0 Å². The van der Waals surface area contributed by atoms with Crippen LogP contribution in [0.25, 0.3) is 11.0 Å². The number of benzene rings is 3. The topological polar surface area (TPSA) is 25.8 Å². The molecule has 112 valence electrons. The van der Waals surface area contributed by atoms with Crippen molar-refractivity contribution in [1.29, 1.82) is 0 Å². The molecule has 0 amide bonds. The summed E-state index contributed by atoms with van der Waals surface area (Å²) in [6.45, 7) is 0. The molecular weight excluding hydrogens is 292 g/mol. The predicted octanol–water partition coefficient (Wildman–Crippen LogP) is 4.62. The van der Waals surface area contributed by atoms with Crippen LogP contribution in [0.2, 0.25) is 0 Å². The minimum atomic E-state index is 0.309. The Morgan fingerprint density at radius 1 is 0.500 bits per heavy atom. The van der Waals surface area contributed by atoms with Crippen molar-refractivity contribution in [2.75, 3.05) is 0 Å². The largest absolute Gasteiger partial charge is 0.253 e. The molecule has 2 nitrogen and oxygen atoms in total. The van der Waals surface area contributed by atoms with E-state index in [1.54, 1.807) is 12.4 Å². The Morgan fingerprint density at radius 3 is 1.25 bits per heavy atom. The monoisotopic (exact) mass is 306 g/mol. The van der Waals surface area contributed by atoms with Gasteiger partial charge in [-0.15, -0.1) is 0 Å². The van der Waals surface area contributed by atoms with Crippen molar-refractivity contribution in [2.45, 2.75) is 11.8 Å². The summed E-state index contributed by atoms with van der Waals surface area (Å²) in [6, 6.07) is 22.3. The Hall–Kier alpha value is -3.00. The van der Waals surface area contributed by atoms with Gasteiger partial charge in [-0.25, -0.2) is 0 Å². The summed E-state index contributed by atoms with van der Waals surface area (Å²) >= 11 is 0. The second-order valence-electron chi connectivity index (χ2n) is 6.65. The first-order chi connectivity index (χ1) is 11.9. The second-order valence-corrected chi connectivity index (χ2v) is 6.65. The molecule has 0 N–H and O–H groups in total. The molecule has 4 aromatic rings. The Kier molecular flexibility index (Phi) is 2.22. The molecule has 1 aromatic heterocycles. The minimum absolute atomic E-state index is 0.309. The van der Waals surface area contributed by atoms with Gasteiger partial charge >= 0.3 is 0 Å². The maximum atomic E-state index is 4.52. The fourth-order valence-electron chi connectivity index (χ4n) is 4.62. The molecule has 0 aliphatic heterocycles. The van der Waals surface area contributed by atoms with Crippen LogP contribution in [0.4, 0.5) is 0 Å². The third kappa shape index (κ3) is 1.41. The van der Waals surface area contributed by atoms with Crippen molar-refractivity contribution in [2.24, 2.45) is 0 Å². The van der Waals surface area contributed by atoms with Gasteiger partial charge in [-0.05, 0) is 45.5 Å². The summed E-state index contributed by atoms with van der Waals surface area (Å²) in [5.74, 6) is 0.618. The van der Waals surface area contributed by atoms with Crippen molar-refractivity contribution >= 4 is 11.0 Å². The number of fused-ring (bicyclic) bond motifs is 1. The van der Waals surface area contributed by atoms with Gasteiger partial charge < -0.3 is 0 Å². The first kappa shape index (κ1) is 12.4. The molecule has 0 saturated carbocycles.